The van der Waals surface area contributed by atoms with Crippen molar-refractivity contribution in [1.29, 1.82) is 0 Å². The largest absolute Gasteiger partial charge is 0.461 e. The van der Waals surface area contributed by atoms with E-state index in [1.54, 1.807) is 0 Å². The van der Waals surface area contributed by atoms with Crippen LogP contribution in [0, 0.1) is 11.3 Å². The van der Waals surface area contributed by atoms with Crippen LogP contribution in [0.4, 0.5) is 0 Å². The Hall–Kier alpha value is -2.60. The third kappa shape index (κ3) is 6.20. The molecule has 1 heterocycles. The lowest BCUT2D eigenvalue weighted by molar-refractivity contribution is -0.177. The zero-order valence-corrected chi connectivity index (χ0v) is 18.6. The molecule has 6 heteroatoms. The molecular weight excluding hydrogens is 391 g/mol. The second-order valence-electron chi connectivity index (χ2n) is 8.88. The second-order valence-corrected chi connectivity index (χ2v) is 8.88. The highest BCUT2D eigenvalue weighted by atomic mass is 16.5. The van der Waals surface area contributed by atoms with Crippen molar-refractivity contribution in [2.24, 2.45) is 11.3 Å². The fraction of sp³-hybridized carbons (Fsp3) is 0.440. The van der Waals surface area contributed by atoms with Crippen molar-refractivity contribution in [1.82, 2.24) is 0 Å². The van der Waals surface area contributed by atoms with E-state index in [4.69, 9.17) is 14.2 Å². The van der Waals surface area contributed by atoms with Gasteiger partial charge in [-0.3, -0.25) is 9.59 Å². The molecule has 2 unspecified atom stereocenters. The van der Waals surface area contributed by atoms with Crippen LogP contribution >= 0.6 is 0 Å². The van der Waals surface area contributed by atoms with Crippen LogP contribution in [0.3, 0.4) is 0 Å². The quantitative estimate of drug-likeness (QED) is 0.480. The van der Waals surface area contributed by atoms with Gasteiger partial charge < -0.3 is 14.2 Å². The first-order valence-electron chi connectivity index (χ1n) is 10.9. The molecule has 3 rings (SSSR count). The summed E-state index contributed by atoms with van der Waals surface area (Å²) in [5.41, 5.74) is 1.28. The van der Waals surface area contributed by atoms with Crippen molar-refractivity contribution in [3.8, 4) is 0 Å². The minimum Gasteiger partial charge on any atom is -0.461 e. The number of rotatable bonds is 8. The Balaban J connectivity index is 1.69. The number of carbonyl (C=O) groups is 2. The van der Waals surface area contributed by atoms with E-state index in [0.29, 0.717) is 13.0 Å². The first kappa shape index (κ1) is 23.1. The van der Waals surface area contributed by atoms with Crippen LogP contribution in [0.25, 0.3) is 0 Å². The predicted octanol–water partition coefficient (Wildman–Crippen LogP) is 3.72. The lowest BCUT2D eigenvalue weighted by Gasteiger charge is -2.45. The molecule has 0 bridgehead atoms. The molecule has 0 N–H and O–H groups in total. The molecule has 1 fully saturated rings. The maximum absolute atomic E-state index is 13.2. The van der Waals surface area contributed by atoms with E-state index in [-0.39, 0.29) is 43.5 Å². The average Bonchev–Trinajstić information content (AvgIpc) is 2.77. The van der Waals surface area contributed by atoms with Crippen LogP contribution in [0.1, 0.15) is 37.8 Å². The highest BCUT2D eigenvalue weighted by Gasteiger charge is 2.50. The summed E-state index contributed by atoms with van der Waals surface area (Å²) in [4.78, 5) is 25.9. The lowest BCUT2D eigenvalue weighted by atomic mass is 9.63. The highest BCUT2D eigenvalue weighted by Crippen LogP contribution is 2.45. The number of esters is 2. The van der Waals surface area contributed by atoms with Crippen LogP contribution < -0.4 is 0 Å². The van der Waals surface area contributed by atoms with Crippen molar-refractivity contribution in [3.05, 3.63) is 71.8 Å². The molecule has 31 heavy (non-hydrogen) atoms. The number of ether oxygens (including phenoxy) is 3. The van der Waals surface area contributed by atoms with Gasteiger partial charge in [0.25, 0.3) is 0 Å². The van der Waals surface area contributed by atoms with Crippen LogP contribution in [0.2, 0.25) is 5.82 Å². The Morgan fingerprint density at radius 3 is 2.13 bits per heavy atom. The fourth-order valence-corrected chi connectivity index (χ4v) is 4.21. The number of hydrogen-bond acceptors (Lipinski definition) is 5. The van der Waals surface area contributed by atoms with Crippen LogP contribution in [-0.2, 0) is 37.0 Å². The normalized spacial score (nSPS) is 24.2. The topological polar surface area (TPSA) is 61.8 Å². The first-order chi connectivity index (χ1) is 14.9. The lowest BCUT2D eigenvalue weighted by Crippen LogP contribution is -2.50. The molecule has 0 spiro atoms. The smallest absolute Gasteiger partial charge is 0.312 e. The summed E-state index contributed by atoms with van der Waals surface area (Å²) in [5, 5.41) is 0. The molecule has 5 nitrogen and oxygen atoms in total. The van der Waals surface area contributed by atoms with Gasteiger partial charge in [-0.1, -0.05) is 74.5 Å². The van der Waals surface area contributed by atoms with Gasteiger partial charge in [0.05, 0.1) is 18.4 Å². The Labute approximate surface area is 185 Å². The third-order valence-electron chi connectivity index (χ3n) is 5.99. The van der Waals surface area contributed by atoms with E-state index < -0.39 is 11.3 Å². The predicted molar refractivity (Wildman–Crippen MR) is 121 cm³/mol. The van der Waals surface area contributed by atoms with Crippen molar-refractivity contribution in [2.45, 2.75) is 51.8 Å². The van der Waals surface area contributed by atoms with Gasteiger partial charge in [0.15, 0.2) is 0 Å². The molecule has 4 atom stereocenters. The molecular formula is C25H31BO5. The maximum Gasteiger partial charge on any atom is 0.312 e. The Morgan fingerprint density at radius 2 is 1.58 bits per heavy atom. The van der Waals surface area contributed by atoms with Gasteiger partial charge in [0, 0.05) is 6.61 Å². The van der Waals surface area contributed by atoms with Crippen molar-refractivity contribution >= 4 is 19.8 Å². The van der Waals surface area contributed by atoms with Crippen LogP contribution in [-0.4, -0.2) is 32.5 Å². The zero-order chi connectivity index (χ0) is 22.3. The maximum atomic E-state index is 13.2. The first-order valence-corrected chi connectivity index (χ1v) is 10.9. The van der Waals surface area contributed by atoms with Gasteiger partial charge in [0.2, 0.25) is 0 Å². The van der Waals surface area contributed by atoms with E-state index in [2.05, 4.69) is 0 Å². The molecule has 1 aliphatic heterocycles. The second kappa shape index (κ2) is 10.6. The molecule has 164 valence electrons. The summed E-state index contributed by atoms with van der Waals surface area (Å²) < 4.78 is 17.2. The van der Waals surface area contributed by atoms with Gasteiger partial charge in [-0.25, -0.2) is 0 Å². The molecule has 0 radical (unpaired) electrons. The minimum atomic E-state index is -0.589. The summed E-state index contributed by atoms with van der Waals surface area (Å²) in [6, 6.07) is 19.2. The molecule has 1 saturated heterocycles. The summed E-state index contributed by atoms with van der Waals surface area (Å²) in [6.07, 6.45) is 0.447. The van der Waals surface area contributed by atoms with Crippen LogP contribution in [0.5, 0.6) is 0 Å². The number of carbonyl (C=O) groups excluding carboxylic acids is 2. The van der Waals surface area contributed by atoms with E-state index >= 15 is 0 Å². The summed E-state index contributed by atoms with van der Waals surface area (Å²) >= 11 is 0. The molecule has 0 aliphatic carbocycles. The molecule has 1 aliphatic rings. The Morgan fingerprint density at radius 1 is 1.03 bits per heavy atom. The zero-order valence-electron chi connectivity index (χ0n) is 18.6. The molecule has 0 aromatic heterocycles. The van der Waals surface area contributed by atoms with Crippen molar-refractivity contribution in [2.75, 3.05) is 6.61 Å². The monoisotopic (exact) mass is 422 g/mol. The number of benzene rings is 2. The highest BCUT2D eigenvalue weighted by molar-refractivity contribution is 6.12. The van der Waals surface area contributed by atoms with Gasteiger partial charge >= 0.3 is 11.9 Å². The van der Waals surface area contributed by atoms with E-state index in [1.165, 1.54) is 0 Å². The van der Waals surface area contributed by atoms with Crippen molar-refractivity contribution in [3.63, 3.8) is 0 Å². The minimum absolute atomic E-state index is 0.120. The molecule has 2 aromatic carbocycles. The molecule has 0 amide bonds. The third-order valence-corrected chi connectivity index (χ3v) is 5.99. The van der Waals surface area contributed by atoms with Gasteiger partial charge in [-0.15, -0.1) is 0 Å². The van der Waals surface area contributed by atoms with Gasteiger partial charge in [-0.2, -0.15) is 0 Å². The standard InChI is InChI=1S/C25H31BO5/c1-18(26)23-22(24(28)31-17-20-11-7-4-8-12-20)25(2,13-14-29-23)15-21(27)30-16-19-9-5-3-6-10-19/h3-12,18,22-23H,13-17,26H2,1-2H3/t18-,22?,23?,25+/m1/s1. The van der Waals surface area contributed by atoms with Crippen molar-refractivity contribution < 1.29 is 23.8 Å². The SMILES string of the molecule is B[C@H](C)C1OCC[C@@](C)(CC(=O)OCc2ccccc2)C1C(=O)OCc1ccccc1. The number of hydrogen-bond donors (Lipinski definition) is 0. The summed E-state index contributed by atoms with van der Waals surface area (Å²) in [5.74, 6) is -1.04. The van der Waals surface area contributed by atoms with E-state index in [0.717, 1.165) is 11.1 Å². The summed E-state index contributed by atoms with van der Waals surface area (Å²) in [6.45, 7) is 4.94. The van der Waals surface area contributed by atoms with E-state index in [9.17, 15) is 9.59 Å². The Kier molecular flexibility index (Phi) is 7.91. The molecule has 0 saturated carbocycles. The van der Waals surface area contributed by atoms with E-state index in [1.807, 2.05) is 82.4 Å². The Bertz CT molecular complexity index is 855. The van der Waals surface area contributed by atoms with Gasteiger partial charge in [-0.05, 0) is 28.8 Å². The van der Waals surface area contributed by atoms with Gasteiger partial charge in [0.1, 0.15) is 21.1 Å². The summed E-state index contributed by atoms with van der Waals surface area (Å²) in [7, 11) is 2.03. The molecule has 2 aromatic rings. The average molecular weight is 422 g/mol. The van der Waals surface area contributed by atoms with Crippen LogP contribution in [0.15, 0.2) is 60.7 Å². The fourth-order valence-electron chi connectivity index (χ4n) is 4.21.